The van der Waals surface area contributed by atoms with Crippen LogP contribution in [-0.2, 0) is 11.2 Å². The van der Waals surface area contributed by atoms with Gasteiger partial charge in [-0.05, 0) is 38.1 Å². The van der Waals surface area contributed by atoms with E-state index in [4.69, 9.17) is 4.74 Å². The van der Waals surface area contributed by atoms with Crippen molar-refractivity contribution in [2.75, 3.05) is 11.9 Å². The van der Waals surface area contributed by atoms with E-state index >= 15 is 0 Å². The van der Waals surface area contributed by atoms with Crippen LogP contribution < -0.4 is 10.1 Å². The van der Waals surface area contributed by atoms with Crippen molar-refractivity contribution in [2.45, 2.75) is 20.3 Å². The molecule has 1 amide bonds. The van der Waals surface area contributed by atoms with Crippen molar-refractivity contribution in [3.63, 3.8) is 0 Å². The molecule has 7 heteroatoms. The minimum atomic E-state index is -0.104. The van der Waals surface area contributed by atoms with Gasteiger partial charge < -0.3 is 10.1 Å². The number of anilines is 1. The fourth-order valence-electron chi connectivity index (χ4n) is 2.12. The van der Waals surface area contributed by atoms with Crippen molar-refractivity contribution < 1.29 is 9.53 Å². The minimum absolute atomic E-state index is 0.104. The highest BCUT2D eigenvalue weighted by Gasteiger charge is 2.11. The van der Waals surface area contributed by atoms with Crippen LogP contribution in [0.15, 0.2) is 35.0 Å². The molecular weight excluding hydrogens is 342 g/mol. The van der Waals surface area contributed by atoms with Gasteiger partial charge in [0.05, 0.1) is 24.4 Å². The van der Waals surface area contributed by atoms with Gasteiger partial charge in [-0.1, -0.05) is 0 Å². The molecule has 1 aromatic carbocycles. The first-order chi connectivity index (χ1) is 11.6. The van der Waals surface area contributed by atoms with Crippen molar-refractivity contribution in [3.8, 4) is 16.3 Å². The van der Waals surface area contributed by atoms with Gasteiger partial charge in [-0.15, -0.1) is 22.7 Å². The summed E-state index contributed by atoms with van der Waals surface area (Å²) in [6, 6.07) is 7.81. The molecule has 0 aliphatic carbocycles. The van der Waals surface area contributed by atoms with E-state index in [0.29, 0.717) is 11.7 Å². The van der Waals surface area contributed by atoms with E-state index < -0.39 is 0 Å². The van der Waals surface area contributed by atoms with Gasteiger partial charge in [-0.25, -0.2) is 9.97 Å². The molecule has 0 saturated carbocycles. The quantitative estimate of drug-likeness (QED) is 0.718. The van der Waals surface area contributed by atoms with Crippen LogP contribution in [-0.4, -0.2) is 22.5 Å². The van der Waals surface area contributed by atoms with Gasteiger partial charge in [0.25, 0.3) is 0 Å². The van der Waals surface area contributed by atoms with Crippen LogP contribution in [0.1, 0.15) is 18.3 Å². The first-order valence-corrected chi connectivity index (χ1v) is 9.29. The Bertz CT molecular complexity index is 824. The van der Waals surface area contributed by atoms with Crippen LogP contribution in [0, 0.1) is 6.92 Å². The van der Waals surface area contributed by atoms with E-state index in [0.717, 1.165) is 27.7 Å². The Hall–Kier alpha value is -2.25. The van der Waals surface area contributed by atoms with Crippen LogP contribution in [0.5, 0.6) is 5.75 Å². The Balaban J connectivity index is 1.63. The number of aromatic nitrogens is 2. The zero-order chi connectivity index (χ0) is 16.9. The van der Waals surface area contributed by atoms with E-state index in [1.807, 2.05) is 48.9 Å². The van der Waals surface area contributed by atoms with E-state index in [1.54, 1.807) is 0 Å². The highest BCUT2D eigenvalue weighted by atomic mass is 32.1. The van der Waals surface area contributed by atoms with Crippen molar-refractivity contribution in [2.24, 2.45) is 0 Å². The molecule has 0 spiro atoms. The lowest BCUT2D eigenvalue weighted by Crippen LogP contribution is -2.14. The van der Waals surface area contributed by atoms with Gasteiger partial charge in [-0.2, -0.15) is 0 Å². The van der Waals surface area contributed by atoms with Crippen LogP contribution in [0.4, 0.5) is 5.13 Å². The number of rotatable bonds is 6. The predicted octanol–water partition coefficient (Wildman–Crippen LogP) is 4.15. The molecule has 0 fully saturated rings. The Kier molecular flexibility index (Phi) is 5.22. The number of carbonyl (C=O) groups excluding carboxylic acids is 1. The molecule has 0 aliphatic heterocycles. The largest absolute Gasteiger partial charge is 0.494 e. The molecule has 24 heavy (non-hydrogen) atoms. The van der Waals surface area contributed by atoms with Gasteiger partial charge >= 0.3 is 0 Å². The number of thiazole rings is 2. The molecule has 0 saturated heterocycles. The van der Waals surface area contributed by atoms with Crippen molar-refractivity contribution in [3.05, 3.63) is 46.4 Å². The Morgan fingerprint density at radius 3 is 2.62 bits per heavy atom. The first kappa shape index (κ1) is 16.6. The second-order valence-corrected chi connectivity index (χ2v) is 6.84. The fourth-order valence-corrected chi connectivity index (χ4v) is 3.65. The third-order valence-electron chi connectivity index (χ3n) is 3.17. The van der Waals surface area contributed by atoms with Crippen LogP contribution in [0.25, 0.3) is 10.6 Å². The summed E-state index contributed by atoms with van der Waals surface area (Å²) in [5.74, 6) is 0.740. The number of hydrogen-bond donors (Lipinski definition) is 1. The standard InChI is InChI=1S/C17H17N3O2S2/c1-3-22-14-6-4-12(5-7-14)16-19-13(10-23-16)8-15(21)20-17-18-11(2)9-24-17/h4-7,9-10H,3,8H2,1-2H3,(H,18,20,21). The Morgan fingerprint density at radius 1 is 1.17 bits per heavy atom. The molecule has 124 valence electrons. The van der Waals surface area contributed by atoms with E-state index in [9.17, 15) is 4.79 Å². The molecule has 0 atom stereocenters. The molecule has 0 aliphatic rings. The molecule has 3 rings (SSSR count). The second kappa shape index (κ2) is 7.55. The number of aryl methyl sites for hydroxylation is 1. The van der Waals surface area contributed by atoms with E-state index in [1.165, 1.54) is 22.7 Å². The average Bonchev–Trinajstić information content (AvgIpc) is 3.18. The molecule has 0 bridgehead atoms. The summed E-state index contributed by atoms with van der Waals surface area (Å²) < 4.78 is 5.44. The van der Waals surface area contributed by atoms with Crippen molar-refractivity contribution in [1.29, 1.82) is 0 Å². The number of carbonyl (C=O) groups is 1. The van der Waals surface area contributed by atoms with Crippen LogP contribution in [0.3, 0.4) is 0 Å². The number of nitrogens with zero attached hydrogens (tertiary/aromatic N) is 2. The Labute approximate surface area is 148 Å². The second-order valence-electron chi connectivity index (χ2n) is 5.12. The van der Waals surface area contributed by atoms with Gasteiger partial charge in [0.15, 0.2) is 5.13 Å². The predicted molar refractivity (Wildman–Crippen MR) is 97.9 cm³/mol. The van der Waals surface area contributed by atoms with E-state index in [-0.39, 0.29) is 12.3 Å². The smallest absolute Gasteiger partial charge is 0.232 e. The Morgan fingerprint density at radius 2 is 1.96 bits per heavy atom. The maximum absolute atomic E-state index is 12.1. The molecule has 3 aromatic rings. The minimum Gasteiger partial charge on any atom is -0.494 e. The first-order valence-electron chi connectivity index (χ1n) is 7.53. The van der Waals surface area contributed by atoms with Gasteiger partial charge in [0.1, 0.15) is 10.8 Å². The molecule has 0 unspecified atom stereocenters. The van der Waals surface area contributed by atoms with Crippen LogP contribution in [0.2, 0.25) is 0 Å². The molecule has 2 heterocycles. The lowest BCUT2D eigenvalue weighted by Gasteiger charge is -2.03. The summed E-state index contributed by atoms with van der Waals surface area (Å²) in [5.41, 5.74) is 2.68. The molecule has 2 aromatic heterocycles. The summed E-state index contributed by atoms with van der Waals surface area (Å²) >= 11 is 2.95. The molecule has 5 nitrogen and oxygen atoms in total. The monoisotopic (exact) mass is 359 g/mol. The summed E-state index contributed by atoms with van der Waals surface area (Å²) in [7, 11) is 0. The number of ether oxygens (including phenoxy) is 1. The summed E-state index contributed by atoms with van der Waals surface area (Å²) in [4.78, 5) is 20.8. The van der Waals surface area contributed by atoms with Gasteiger partial charge in [-0.3, -0.25) is 4.79 Å². The van der Waals surface area contributed by atoms with Gasteiger partial charge in [0, 0.05) is 16.3 Å². The highest BCUT2D eigenvalue weighted by molar-refractivity contribution is 7.14. The number of benzene rings is 1. The SMILES string of the molecule is CCOc1ccc(-c2nc(CC(=O)Nc3nc(C)cs3)cs2)cc1. The maximum Gasteiger partial charge on any atom is 0.232 e. The molecule has 1 N–H and O–H groups in total. The fraction of sp³-hybridized carbons (Fsp3) is 0.235. The number of amides is 1. The van der Waals surface area contributed by atoms with E-state index in [2.05, 4.69) is 15.3 Å². The summed E-state index contributed by atoms with van der Waals surface area (Å²) in [6.45, 7) is 4.50. The zero-order valence-corrected chi connectivity index (χ0v) is 15.0. The highest BCUT2D eigenvalue weighted by Crippen LogP contribution is 2.26. The topological polar surface area (TPSA) is 64.1 Å². The number of nitrogens with one attached hydrogen (secondary N) is 1. The lowest BCUT2D eigenvalue weighted by atomic mass is 10.2. The molecular formula is C17H17N3O2S2. The zero-order valence-electron chi connectivity index (χ0n) is 13.4. The van der Waals surface area contributed by atoms with Crippen molar-refractivity contribution >= 4 is 33.7 Å². The average molecular weight is 359 g/mol. The number of hydrogen-bond acceptors (Lipinski definition) is 6. The summed E-state index contributed by atoms with van der Waals surface area (Å²) in [5, 5.41) is 8.14. The molecule has 0 radical (unpaired) electrons. The lowest BCUT2D eigenvalue weighted by molar-refractivity contribution is -0.115. The van der Waals surface area contributed by atoms with Crippen LogP contribution >= 0.6 is 22.7 Å². The summed E-state index contributed by atoms with van der Waals surface area (Å²) in [6.07, 6.45) is 0.242. The maximum atomic E-state index is 12.1. The normalized spacial score (nSPS) is 10.6. The third-order valence-corrected chi connectivity index (χ3v) is 4.99. The van der Waals surface area contributed by atoms with Gasteiger partial charge in [0.2, 0.25) is 5.91 Å². The third kappa shape index (κ3) is 4.18. The van der Waals surface area contributed by atoms with Crippen molar-refractivity contribution in [1.82, 2.24) is 9.97 Å².